The van der Waals surface area contributed by atoms with E-state index < -0.39 is 5.82 Å². The van der Waals surface area contributed by atoms with E-state index in [2.05, 4.69) is 61.2 Å². The monoisotopic (exact) mass is 460 g/mol. The summed E-state index contributed by atoms with van der Waals surface area (Å²) in [5, 5.41) is 0.158. The Hall–Kier alpha value is -2.84. The van der Waals surface area contributed by atoms with E-state index in [0.29, 0.717) is 12.5 Å². The molecule has 1 unspecified atom stereocenters. The zero-order chi connectivity index (χ0) is 23.2. The van der Waals surface area contributed by atoms with Crippen LogP contribution in [-0.2, 0) is 6.42 Å². The maximum atomic E-state index is 14.5. The lowest BCUT2D eigenvalue weighted by Gasteiger charge is -2.23. The SMILES string of the molecule is C=CCCc1ccc(-c2ccc(C3CC=C(c4ccc(OCC)c(F)c4Cl)CC3)cc2)cc1. The van der Waals surface area contributed by atoms with Crippen molar-refractivity contribution in [3.8, 4) is 16.9 Å². The van der Waals surface area contributed by atoms with Gasteiger partial charge in [0.1, 0.15) is 0 Å². The lowest BCUT2D eigenvalue weighted by Crippen LogP contribution is -2.05. The molecule has 170 valence electrons. The Morgan fingerprint density at radius 2 is 1.73 bits per heavy atom. The average molecular weight is 461 g/mol. The lowest BCUT2D eigenvalue weighted by atomic mass is 9.82. The van der Waals surface area contributed by atoms with Crippen molar-refractivity contribution in [1.82, 2.24) is 0 Å². The molecule has 3 aromatic rings. The highest BCUT2D eigenvalue weighted by molar-refractivity contribution is 6.32. The molecule has 4 rings (SSSR count). The molecule has 1 aliphatic carbocycles. The topological polar surface area (TPSA) is 9.23 Å². The van der Waals surface area contributed by atoms with Gasteiger partial charge in [0, 0.05) is 0 Å². The van der Waals surface area contributed by atoms with Gasteiger partial charge in [-0.2, -0.15) is 0 Å². The van der Waals surface area contributed by atoms with Gasteiger partial charge in [0.05, 0.1) is 11.6 Å². The summed E-state index contributed by atoms with van der Waals surface area (Å²) in [6.45, 7) is 6.04. The Labute approximate surface area is 201 Å². The standard InChI is InChI=1S/C30H30ClFO/c1-3-5-6-21-7-9-22(10-8-21)23-11-13-24(14-12-23)25-15-17-26(18-16-25)27-19-20-28(33-4-2)30(32)29(27)31/h3,7-14,17,19-20,25H,1,4-6,15-16,18H2,2H3. The highest BCUT2D eigenvalue weighted by Gasteiger charge is 2.21. The van der Waals surface area contributed by atoms with Crippen LogP contribution >= 0.6 is 11.6 Å². The third-order valence-electron chi connectivity index (χ3n) is 6.41. The first kappa shape index (κ1) is 23.3. The third-order valence-corrected chi connectivity index (χ3v) is 6.78. The summed E-state index contributed by atoms with van der Waals surface area (Å²) >= 11 is 6.33. The van der Waals surface area contributed by atoms with Crippen molar-refractivity contribution >= 4 is 17.2 Å². The van der Waals surface area contributed by atoms with Crippen molar-refractivity contribution in [2.24, 2.45) is 0 Å². The molecule has 33 heavy (non-hydrogen) atoms. The molecule has 1 nitrogen and oxygen atoms in total. The van der Waals surface area contributed by atoms with E-state index in [0.717, 1.165) is 43.2 Å². The summed E-state index contributed by atoms with van der Waals surface area (Å²) in [5.74, 6) is 0.214. The highest BCUT2D eigenvalue weighted by Crippen LogP contribution is 2.40. The summed E-state index contributed by atoms with van der Waals surface area (Å²) in [5.41, 5.74) is 7.06. The normalized spacial score (nSPS) is 15.7. The van der Waals surface area contributed by atoms with Crippen molar-refractivity contribution < 1.29 is 9.13 Å². The first-order valence-corrected chi connectivity index (χ1v) is 12.1. The van der Waals surface area contributed by atoms with Crippen LogP contribution in [0, 0.1) is 5.82 Å². The number of ether oxygens (including phenoxy) is 1. The van der Waals surface area contributed by atoms with E-state index in [9.17, 15) is 4.39 Å². The van der Waals surface area contributed by atoms with Crippen molar-refractivity contribution in [1.29, 1.82) is 0 Å². The van der Waals surface area contributed by atoms with Crippen molar-refractivity contribution in [3.05, 3.63) is 107 Å². The Kier molecular flexibility index (Phi) is 7.67. The van der Waals surface area contributed by atoms with Crippen LogP contribution in [0.15, 0.2) is 79.4 Å². The molecule has 0 amide bonds. The van der Waals surface area contributed by atoms with Gasteiger partial charge in [-0.3, -0.25) is 0 Å². The second kappa shape index (κ2) is 10.9. The van der Waals surface area contributed by atoms with Gasteiger partial charge in [-0.05, 0) is 90.5 Å². The maximum Gasteiger partial charge on any atom is 0.184 e. The second-order valence-corrected chi connectivity index (χ2v) is 8.90. The van der Waals surface area contributed by atoms with E-state index in [1.54, 1.807) is 6.07 Å². The van der Waals surface area contributed by atoms with Crippen LogP contribution < -0.4 is 4.74 Å². The van der Waals surface area contributed by atoms with Crippen molar-refractivity contribution in [2.75, 3.05) is 6.61 Å². The van der Waals surface area contributed by atoms with Crippen LogP contribution in [0.2, 0.25) is 5.02 Å². The van der Waals surface area contributed by atoms with Crippen LogP contribution in [0.25, 0.3) is 16.7 Å². The maximum absolute atomic E-state index is 14.5. The summed E-state index contributed by atoms with van der Waals surface area (Å²) in [7, 11) is 0. The van der Waals surface area contributed by atoms with Crippen LogP contribution in [0.4, 0.5) is 4.39 Å². The number of hydrogen-bond acceptors (Lipinski definition) is 1. The van der Waals surface area contributed by atoms with Gasteiger partial charge in [-0.1, -0.05) is 72.3 Å². The molecule has 0 aliphatic heterocycles. The minimum Gasteiger partial charge on any atom is -0.491 e. The van der Waals surface area contributed by atoms with Crippen LogP contribution in [0.3, 0.4) is 0 Å². The number of aryl methyl sites for hydroxylation is 1. The van der Waals surface area contributed by atoms with E-state index in [-0.39, 0.29) is 10.8 Å². The third kappa shape index (κ3) is 5.39. The first-order chi connectivity index (χ1) is 16.1. The number of benzene rings is 3. The molecule has 0 heterocycles. The molecule has 0 spiro atoms. The van der Waals surface area contributed by atoms with Crippen molar-refractivity contribution in [3.63, 3.8) is 0 Å². The van der Waals surface area contributed by atoms with Crippen LogP contribution in [-0.4, -0.2) is 6.61 Å². The van der Waals surface area contributed by atoms with Crippen LogP contribution in [0.5, 0.6) is 5.75 Å². The van der Waals surface area contributed by atoms with Gasteiger partial charge in [-0.25, -0.2) is 4.39 Å². The summed E-state index contributed by atoms with van der Waals surface area (Å²) < 4.78 is 19.8. The largest absolute Gasteiger partial charge is 0.491 e. The predicted octanol–water partition coefficient (Wildman–Crippen LogP) is 9.01. The number of halogens is 2. The fraction of sp³-hybridized carbons (Fsp3) is 0.267. The summed E-state index contributed by atoms with van der Waals surface area (Å²) in [6, 6.07) is 21.3. The molecule has 1 aliphatic rings. The molecule has 0 saturated heterocycles. The van der Waals surface area contributed by atoms with Gasteiger partial charge in [0.2, 0.25) is 0 Å². The molecule has 0 aromatic heterocycles. The number of rotatable bonds is 8. The Morgan fingerprint density at radius 3 is 2.33 bits per heavy atom. The van der Waals surface area contributed by atoms with Gasteiger partial charge in [0.15, 0.2) is 11.6 Å². The predicted molar refractivity (Wildman–Crippen MR) is 138 cm³/mol. The van der Waals surface area contributed by atoms with Gasteiger partial charge in [-0.15, -0.1) is 6.58 Å². The summed E-state index contributed by atoms with van der Waals surface area (Å²) in [6.07, 6.45) is 9.05. The van der Waals surface area contributed by atoms with Gasteiger partial charge < -0.3 is 4.74 Å². The molecule has 1 atom stereocenters. The molecule has 3 aromatic carbocycles. The van der Waals surface area contributed by atoms with Crippen molar-refractivity contribution in [2.45, 2.75) is 44.9 Å². The average Bonchev–Trinajstić information content (AvgIpc) is 2.86. The molecule has 0 fully saturated rings. The highest BCUT2D eigenvalue weighted by atomic mass is 35.5. The Bertz CT molecular complexity index is 1130. The zero-order valence-electron chi connectivity index (χ0n) is 19.1. The second-order valence-electron chi connectivity index (χ2n) is 8.52. The number of hydrogen-bond donors (Lipinski definition) is 0. The van der Waals surface area contributed by atoms with Gasteiger partial charge >= 0.3 is 0 Å². The minimum absolute atomic E-state index is 0.158. The molecule has 0 radical (unpaired) electrons. The van der Waals surface area contributed by atoms with E-state index in [1.807, 2.05) is 19.1 Å². The van der Waals surface area contributed by atoms with E-state index in [1.165, 1.54) is 22.3 Å². The molecular formula is C30H30ClFO. The molecule has 0 bridgehead atoms. The van der Waals surface area contributed by atoms with E-state index >= 15 is 0 Å². The smallest absolute Gasteiger partial charge is 0.184 e. The minimum atomic E-state index is -0.469. The fourth-order valence-corrected chi connectivity index (χ4v) is 4.79. The molecule has 3 heteroatoms. The van der Waals surface area contributed by atoms with Crippen LogP contribution in [0.1, 0.15) is 55.2 Å². The summed E-state index contributed by atoms with van der Waals surface area (Å²) in [4.78, 5) is 0. The molecule has 0 N–H and O–H groups in total. The van der Waals surface area contributed by atoms with Gasteiger partial charge in [0.25, 0.3) is 0 Å². The quantitative estimate of drug-likeness (QED) is 0.304. The zero-order valence-corrected chi connectivity index (χ0v) is 19.9. The first-order valence-electron chi connectivity index (χ1n) is 11.7. The molecule has 0 saturated carbocycles. The Morgan fingerprint density at radius 1 is 1.03 bits per heavy atom. The lowest BCUT2D eigenvalue weighted by molar-refractivity contribution is 0.321. The molecular weight excluding hydrogens is 431 g/mol. The number of allylic oxidation sites excluding steroid dienone is 3. The Balaban J connectivity index is 1.44. The van der Waals surface area contributed by atoms with E-state index in [4.69, 9.17) is 16.3 Å². The fourth-order valence-electron chi connectivity index (χ4n) is 4.51.